The molecule has 1 amide bonds. The average Bonchev–Trinajstić information content (AvgIpc) is 2.80. The lowest BCUT2D eigenvalue weighted by Gasteiger charge is -2.33. The largest absolute Gasteiger partial charge is 0.493 e. The molecule has 0 aliphatic carbocycles. The van der Waals surface area contributed by atoms with Crippen LogP contribution in [0.4, 0.5) is 0 Å². The smallest absolute Gasteiger partial charge is 0.238 e. The monoisotopic (exact) mass is 469 g/mol. The zero-order valence-corrected chi connectivity index (χ0v) is 20.7. The van der Waals surface area contributed by atoms with Crippen LogP contribution >= 0.6 is 0 Å². The lowest BCUT2D eigenvalue weighted by Crippen LogP contribution is -2.52. The van der Waals surface area contributed by atoms with E-state index in [1.165, 1.54) is 4.31 Å². The van der Waals surface area contributed by atoms with E-state index >= 15 is 0 Å². The molecule has 8 nitrogen and oxygen atoms in total. The summed E-state index contributed by atoms with van der Waals surface area (Å²) in [6.45, 7) is 10.2. The highest BCUT2D eigenvalue weighted by molar-refractivity contribution is 7.89. The molecule has 9 heteroatoms. The van der Waals surface area contributed by atoms with Gasteiger partial charge in [-0.2, -0.15) is 4.31 Å². The fourth-order valence-corrected chi connectivity index (χ4v) is 5.69. The van der Waals surface area contributed by atoms with Gasteiger partial charge in [0.1, 0.15) is 12.6 Å². The molecule has 1 saturated heterocycles. The molecule has 2 rings (SSSR count). The predicted octanol–water partition coefficient (Wildman–Crippen LogP) is 2.63. The summed E-state index contributed by atoms with van der Waals surface area (Å²) in [5.41, 5.74) is 0.866. The van der Waals surface area contributed by atoms with E-state index in [0.29, 0.717) is 44.0 Å². The van der Waals surface area contributed by atoms with Crippen molar-refractivity contribution in [2.75, 3.05) is 45.6 Å². The SMILES string of the molecule is CCCS(=O)(=O)N1CCCCC1C(=O)NCc1ccc(OCCN(CC)CC)c(OC)c1. The molecule has 0 spiro atoms. The Morgan fingerprint density at radius 1 is 1.19 bits per heavy atom. The van der Waals surface area contributed by atoms with Crippen LogP contribution < -0.4 is 14.8 Å². The highest BCUT2D eigenvalue weighted by atomic mass is 32.2. The second kappa shape index (κ2) is 13.0. The van der Waals surface area contributed by atoms with Gasteiger partial charge in [0.15, 0.2) is 11.5 Å². The highest BCUT2D eigenvalue weighted by Gasteiger charge is 2.35. The van der Waals surface area contributed by atoms with E-state index in [-0.39, 0.29) is 11.7 Å². The minimum atomic E-state index is -3.41. The fraction of sp³-hybridized carbons (Fsp3) is 0.696. The van der Waals surface area contributed by atoms with Crippen LogP contribution in [0.2, 0.25) is 0 Å². The van der Waals surface area contributed by atoms with Crippen LogP contribution in [-0.2, 0) is 21.4 Å². The lowest BCUT2D eigenvalue weighted by atomic mass is 10.0. The molecule has 1 aliphatic rings. The molecule has 0 saturated carbocycles. The van der Waals surface area contributed by atoms with Crippen molar-refractivity contribution in [3.05, 3.63) is 23.8 Å². The number of benzene rings is 1. The van der Waals surface area contributed by atoms with Crippen molar-refractivity contribution >= 4 is 15.9 Å². The van der Waals surface area contributed by atoms with Crippen LogP contribution in [0.1, 0.15) is 52.0 Å². The molecule has 1 aliphatic heterocycles. The molecule has 1 N–H and O–H groups in total. The molecule has 0 bridgehead atoms. The molecule has 1 aromatic carbocycles. The van der Waals surface area contributed by atoms with E-state index in [1.807, 2.05) is 25.1 Å². The zero-order chi connectivity index (χ0) is 23.6. The summed E-state index contributed by atoms with van der Waals surface area (Å²) < 4.78 is 37.9. The van der Waals surface area contributed by atoms with Gasteiger partial charge in [-0.05, 0) is 50.0 Å². The quantitative estimate of drug-likeness (QED) is 0.478. The van der Waals surface area contributed by atoms with Crippen molar-refractivity contribution in [2.45, 2.75) is 59.0 Å². The Kier molecular flexibility index (Phi) is 10.7. The third-order valence-electron chi connectivity index (χ3n) is 5.83. The molecule has 1 unspecified atom stereocenters. The number of likely N-dealkylation sites (N-methyl/N-ethyl adjacent to an activating group) is 1. The number of carbonyl (C=O) groups is 1. The van der Waals surface area contributed by atoms with Gasteiger partial charge in [0.2, 0.25) is 15.9 Å². The first-order valence-corrected chi connectivity index (χ1v) is 13.3. The third-order valence-corrected chi connectivity index (χ3v) is 7.91. The van der Waals surface area contributed by atoms with Gasteiger partial charge in [-0.1, -0.05) is 33.3 Å². The molecule has 1 atom stereocenters. The van der Waals surface area contributed by atoms with Gasteiger partial charge < -0.3 is 19.7 Å². The number of ether oxygens (including phenoxy) is 2. The van der Waals surface area contributed by atoms with Gasteiger partial charge >= 0.3 is 0 Å². The van der Waals surface area contributed by atoms with Crippen LogP contribution in [0.25, 0.3) is 0 Å². The maximum Gasteiger partial charge on any atom is 0.238 e. The second-order valence-corrected chi connectivity index (χ2v) is 10.1. The molecule has 32 heavy (non-hydrogen) atoms. The first kappa shape index (κ1) is 26.4. The van der Waals surface area contributed by atoms with Gasteiger partial charge in [-0.25, -0.2) is 8.42 Å². The van der Waals surface area contributed by atoms with E-state index in [0.717, 1.165) is 38.0 Å². The molecular weight excluding hydrogens is 430 g/mol. The lowest BCUT2D eigenvalue weighted by molar-refractivity contribution is -0.125. The summed E-state index contributed by atoms with van der Waals surface area (Å²) in [7, 11) is -1.82. The highest BCUT2D eigenvalue weighted by Crippen LogP contribution is 2.28. The van der Waals surface area contributed by atoms with Gasteiger partial charge in [0.05, 0.1) is 12.9 Å². The number of methoxy groups -OCH3 is 1. The second-order valence-electron chi connectivity index (χ2n) is 8.02. The number of hydrogen-bond donors (Lipinski definition) is 1. The first-order valence-electron chi connectivity index (χ1n) is 11.7. The van der Waals surface area contributed by atoms with Crippen LogP contribution in [0.3, 0.4) is 0 Å². The standard InChI is InChI=1S/C23H39N3O5S/c1-5-16-32(28,29)26-13-9-8-10-20(26)23(27)24-18-19-11-12-21(22(17-19)30-4)31-15-14-25(6-2)7-3/h11-12,17,20H,5-10,13-16,18H2,1-4H3,(H,24,27). The van der Waals surface area contributed by atoms with Gasteiger partial charge in [-0.15, -0.1) is 0 Å². The topological polar surface area (TPSA) is 88.2 Å². The Morgan fingerprint density at radius 3 is 2.59 bits per heavy atom. The average molecular weight is 470 g/mol. The number of rotatable bonds is 13. The summed E-state index contributed by atoms with van der Waals surface area (Å²) in [6, 6.07) is 4.95. The summed E-state index contributed by atoms with van der Waals surface area (Å²) in [5, 5.41) is 2.91. The molecule has 182 valence electrons. The normalized spacial score (nSPS) is 17.3. The van der Waals surface area contributed by atoms with Crippen LogP contribution in [0.5, 0.6) is 11.5 Å². The molecular formula is C23H39N3O5S. The maximum absolute atomic E-state index is 12.8. The van der Waals surface area contributed by atoms with E-state index in [9.17, 15) is 13.2 Å². The number of nitrogens with one attached hydrogen (secondary N) is 1. The van der Waals surface area contributed by atoms with Crippen LogP contribution in [0, 0.1) is 0 Å². The third kappa shape index (κ3) is 7.35. The molecule has 1 fully saturated rings. The molecule has 1 heterocycles. The molecule has 1 aromatic rings. The van der Waals surface area contributed by atoms with Crippen molar-refractivity contribution in [1.82, 2.24) is 14.5 Å². The van der Waals surface area contributed by atoms with Gasteiger partial charge in [0.25, 0.3) is 0 Å². The minimum Gasteiger partial charge on any atom is -0.493 e. The number of carbonyl (C=O) groups excluding carboxylic acids is 1. The maximum atomic E-state index is 12.8. The number of amides is 1. The van der Waals surface area contributed by atoms with E-state index < -0.39 is 16.1 Å². The zero-order valence-electron chi connectivity index (χ0n) is 19.9. The van der Waals surface area contributed by atoms with Crippen LogP contribution in [-0.4, -0.2) is 75.2 Å². The van der Waals surface area contributed by atoms with Gasteiger partial charge in [0, 0.05) is 19.6 Å². The number of sulfonamides is 1. The summed E-state index contributed by atoms with van der Waals surface area (Å²) in [4.78, 5) is 15.1. The summed E-state index contributed by atoms with van der Waals surface area (Å²) in [5.74, 6) is 1.10. The summed E-state index contributed by atoms with van der Waals surface area (Å²) >= 11 is 0. The Morgan fingerprint density at radius 2 is 1.94 bits per heavy atom. The van der Waals surface area contributed by atoms with Crippen molar-refractivity contribution in [1.29, 1.82) is 0 Å². The number of piperidine rings is 1. The van der Waals surface area contributed by atoms with Crippen molar-refractivity contribution < 1.29 is 22.7 Å². The van der Waals surface area contributed by atoms with Crippen LogP contribution in [0.15, 0.2) is 18.2 Å². The molecule has 0 aromatic heterocycles. The predicted molar refractivity (Wildman–Crippen MR) is 127 cm³/mol. The van der Waals surface area contributed by atoms with Crippen molar-refractivity contribution in [2.24, 2.45) is 0 Å². The molecule has 0 radical (unpaired) electrons. The Bertz CT molecular complexity index is 827. The first-order chi connectivity index (χ1) is 15.4. The van der Waals surface area contributed by atoms with E-state index in [2.05, 4.69) is 24.1 Å². The van der Waals surface area contributed by atoms with E-state index in [4.69, 9.17) is 9.47 Å². The number of hydrogen-bond acceptors (Lipinski definition) is 6. The minimum absolute atomic E-state index is 0.0731. The Balaban J connectivity index is 1.98. The Hall–Kier alpha value is -1.84. The fourth-order valence-electron chi connectivity index (χ4n) is 3.95. The Labute approximate surface area is 193 Å². The van der Waals surface area contributed by atoms with Crippen molar-refractivity contribution in [3.63, 3.8) is 0 Å². The van der Waals surface area contributed by atoms with E-state index in [1.54, 1.807) is 7.11 Å². The summed E-state index contributed by atoms with van der Waals surface area (Å²) in [6.07, 6.45) is 2.73. The van der Waals surface area contributed by atoms with Gasteiger partial charge in [-0.3, -0.25) is 4.79 Å². The van der Waals surface area contributed by atoms with Crippen molar-refractivity contribution in [3.8, 4) is 11.5 Å². The number of nitrogens with zero attached hydrogens (tertiary/aromatic N) is 2.